The normalized spacial score (nSPS) is 10.0. The molecule has 7 nitrogen and oxygen atoms in total. The molecule has 1 aromatic heterocycles. The van der Waals surface area contributed by atoms with E-state index >= 15 is 0 Å². The number of anilines is 1. The number of nitrogens with zero attached hydrogens (tertiary/aromatic N) is 2. The van der Waals surface area contributed by atoms with Crippen LogP contribution < -0.4 is 10.3 Å². The highest BCUT2D eigenvalue weighted by atomic mass is 16.6. The average molecular weight is 296 g/mol. The van der Waals surface area contributed by atoms with Gasteiger partial charge in [-0.1, -0.05) is 0 Å². The molecule has 1 aromatic rings. The summed E-state index contributed by atoms with van der Waals surface area (Å²) < 4.78 is 11.6. The van der Waals surface area contributed by atoms with Crippen LogP contribution in [0, 0.1) is 6.92 Å². The molecule has 0 atom stereocenters. The number of hydrogen-bond donors (Lipinski definition) is 1. The minimum absolute atomic E-state index is 0.0562. The van der Waals surface area contributed by atoms with Crippen molar-refractivity contribution < 1.29 is 23.6 Å². The molecule has 0 aliphatic heterocycles. The van der Waals surface area contributed by atoms with Crippen molar-refractivity contribution in [1.29, 1.82) is 0 Å². The fourth-order valence-electron chi connectivity index (χ4n) is 1.64. The van der Waals surface area contributed by atoms with Crippen LogP contribution in [-0.2, 0) is 21.0 Å². The maximum Gasteiger partial charge on any atom is 0.412 e. The van der Waals surface area contributed by atoms with Crippen molar-refractivity contribution in [3.8, 4) is 0 Å². The van der Waals surface area contributed by atoms with Crippen molar-refractivity contribution in [2.75, 3.05) is 25.9 Å². The second kappa shape index (κ2) is 8.08. The molecule has 0 bridgehead atoms. The van der Waals surface area contributed by atoms with Crippen molar-refractivity contribution in [2.45, 2.75) is 27.0 Å². The topological polar surface area (TPSA) is 85.7 Å². The molecule has 0 unspecified atom stereocenters. The van der Waals surface area contributed by atoms with E-state index in [9.17, 15) is 9.59 Å². The first-order chi connectivity index (χ1) is 9.91. The number of aromatic nitrogens is 1. The Morgan fingerprint density at radius 2 is 2.10 bits per heavy atom. The van der Waals surface area contributed by atoms with Crippen molar-refractivity contribution in [2.24, 2.45) is 0 Å². The fraction of sp³-hybridized carbons (Fsp3) is 0.500. The van der Waals surface area contributed by atoms with Gasteiger partial charge < -0.3 is 14.4 Å². The summed E-state index contributed by atoms with van der Waals surface area (Å²) in [6.45, 7) is 4.02. The van der Waals surface area contributed by atoms with Gasteiger partial charge in [0.25, 0.3) is 5.82 Å². The smallest absolute Gasteiger partial charge is 0.412 e. The Morgan fingerprint density at radius 3 is 2.76 bits per heavy atom. The molecule has 1 rings (SSSR count). The highest BCUT2D eigenvalue weighted by Crippen LogP contribution is 2.02. The molecule has 0 saturated heterocycles. The average Bonchev–Trinajstić information content (AvgIpc) is 2.44. The van der Waals surface area contributed by atoms with Gasteiger partial charge in [0.1, 0.15) is 0 Å². The quantitative estimate of drug-likeness (QED) is 0.478. The van der Waals surface area contributed by atoms with E-state index in [2.05, 4.69) is 0 Å². The number of ether oxygens (including phenoxy) is 2. The minimum atomic E-state index is -0.453. The summed E-state index contributed by atoms with van der Waals surface area (Å²) in [6.07, 6.45) is 1.85. The molecule has 0 aromatic carbocycles. The molecular formula is C14H22N3O4+. The van der Waals surface area contributed by atoms with Gasteiger partial charge in [-0.2, -0.15) is 4.57 Å². The predicted molar refractivity (Wildman–Crippen MR) is 76.1 cm³/mol. The molecule has 116 valence electrons. The van der Waals surface area contributed by atoms with Crippen molar-refractivity contribution in [3.05, 3.63) is 23.9 Å². The van der Waals surface area contributed by atoms with Gasteiger partial charge in [0, 0.05) is 26.1 Å². The number of carbonyl (C=O) groups excluding carboxylic acids is 2. The summed E-state index contributed by atoms with van der Waals surface area (Å²) in [5.41, 5.74) is 6.80. The summed E-state index contributed by atoms with van der Waals surface area (Å²) in [7, 11) is 1.63. The van der Waals surface area contributed by atoms with Crippen molar-refractivity contribution in [1.82, 2.24) is 4.90 Å². The van der Waals surface area contributed by atoms with Crippen LogP contribution in [0.3, 0.4) is 0 Å². The Morgan fingerprint density at radius 1 is 1.38 bits per heavy atom. The zero-order valence-corrected chi connectivity index (χ0v) is 12.7. The Balaban J connectivity index is 2.35. The van der Waals surface area contributed by atoms with Crippen LogP contribution in [0.2, 0.25) is 0 Å². The van der Waals surface area contributed by atoms with Crippen LogP contribution in [0.5, 0.6) is 0 Å². The lowest BCUT2D eigenvalue weighted by molar-refractivity contribution is -0.714. The number of carbonyl (C=O) groups is 2. The van der Waals surface area contributed by atoms with E-state index in [-0.39, 0.29) is 19.3 Å². The number of hydrogen-bond acceptors (Lipinski definition) is 5. The van der Waals surface area contributed by atoms with Gasteiger partial charge in [-0.25, -0.2) is 4.79 Å². The molecular weight excluding hydrogens is 274 g/mol. The largest absolute Gasteiger partial charge is 0.466 e. The van der Waals surface area contributed by atoms with Crippen LogP contribution in [-0.4, -0.2) is 37.2 Å². The molecule has 0 aliphatic carbocycles. The van der Waals surface area contributed by atoms with Crippen LogP contribution in [0.15, 0.2) is 18.3 Å². The lowest BCUT2D eigenvalue weighted by atomic mass is 10.3. The molecule has 7 heteroatoms. The molecule has 0 fully saturated rings. The van der Waals surface area contributed by atoms with Crippen LogP contribution in [0.25, 0.3) is 0 Å². The summed E-state index contributed by atoms with van der Waals surface area (Å²) in [5.74, 6) is 0.231. The molecule has 0 saturated carbocycles. The number of aryl methyl sites for hydroxylation is 1. The number of pyridine rings is 1. The number of rotatable bonds is 6. The van der Waals surface area contributed by atoms with E-state index in [1.807, 2.05) is 19.1 Å². The van der Waals surface area contributed by atoms with Crippen LogP contribution in [0.1, 0.15) is 18.9 Å². The number of nitrogens with two attached hydrogens (primary N) is 1. The lowest BCUT2D eigenvalue weighted by Gasteiger charge is -2.16. The lowest BCUT2D eigenvalue weighted by Crippen LogP contribution is -2.41. The van der Waals surface area contributed by atoms with E-state index in [4.69, 9.17) is 15.2 Å². The van der Waals surface area contributed by atoms with Gasteiger partial charge in [-0.15, -0.1) is 0 Å². The number of nitrogen functional groups attached to an aromatic ring is 1. The van der Waals surface area contributed by atoms with Crippen molar-refractivity contribution in [3.63, 3.8) is 0 Å². The van der Waals surface area contributed by atoms with Gasteiger partial charge >= 0.3 is 12.1 Å². The van der Waals surface area contributed by atoms with E-state index in [1.165, 1.54) is 11.8 Å². The van der Waals surface area contributed by atoms with Gasteiger partial charge in [-0.05, 0) is 25.5 Å². The first kappa shape index (κ1) is 16.7. The fourth-order valence-corrected chi connectivity index (χ4v) is 1.64. The third kappa shape index (κ3) is 5.68. The maximum absolute atomic E-state index is 11.8. The van der Waals surface area contributed by atoms with Gasteiger partial charge in [0.2, 0.25) is 6.73 Å². The van der Waals surface area contributed by atoms with Crippen molar-refractivity contribution >= 4 is 17.9 Å². The van der Waals surface area contributed by atoms with E-state index in [1.54, 1.807) is 17.8 Å². The molecule has 0 spiro atoms. The Labute approximate surface area is 124 Å². The van der Waals surface area contributed by atoms with E-state index in [0.29, 0.717) is 18.8 Å². The molecule has 2 N–H and O–H groups in total. The van der Waals surface area contributed by atoms with Gasteiger partial charge in [0.15, 0.2) is 0 Å². The first-order valence-corrected chi connectivity index (χ1v) is 6.67. The van der Waals surface area contributed by atoms with Crippen LogP contribution >= 0.6 is 0 Å². The summed E-state index contributed by atoms with van der Waals surface area (Å²) in [5, 5.41) is 0. The maximum atomic E-state index is 11.8. The Kier molecular flexibility index (Phi) is 6.45. The Hall–Kier alpha value is -2.31. The Bertz CT molecular complexity index is 505. The highest BCUT2D eigenvalue weighted by molar-refractivity contribution is 5.67. The standard InChI is InChI=1S/C14H21N3O4/c1-11-6-4-8-17(13(11)15)10-21-14(19)16(3)7-5-9-20-12(2)18/h4,6,8,15H,5,7,9-10H2,1-3H3/p+1. The molecule has 0 aliphatic rings. The number of amides is 1. The molecule has 0 radical (unpaired) electrons. The third-order valence-corrected chi connectivity index (χ3v) is 2.91. The monoisotopic (exact) mass is 296 g/mol. The van der Waals surface area contributed by atoms with Gasteiger partial charge in [0.05, 0.1) is 12.8 Å². The van der Waals surface area contributed by atoms with E-state index in [0.717, 1.165) is 5.56 Å². The molecule has 1 amide bonds. The predicted octanol–water partition coefficient (Wildman–Crippen LogP) is 0.844. The molecule has 21 heavy (non-hydrogen) atoms. The second-order valence-electron chi connectivity index (χ2n) is 4.70. The minimum Gasteiger partial charge on any atom is -0.466 e. The zero-order chi connectivity index (χ0) is 15.8. The second-order valence-corrected chi connectivity index (χ2v) is 4.70. The third-order valence-electron chi connectivity index (χ3n) is 2.91. The first-order valence-electron chi connectivity index (χ1n) is 6.67. The number of esters is 1. The SMILES string of the molecule is CC(=O)OCCCN(C)C(=O)OC[n+]1cccc(C)c1N. The van der Waals surface area contributed by atoms with Gasteiger partial charge in [-0.3, -0.25) is 10.5 Å². The molecule has 1 heterocycles. The highest BCUT2D eigenvalue weighted by Gasteiger charge is 2.13. The summed E-state index contributed by atoms with van der Waals surface area (Å²) in [6, 6.07) is 3.72. The summed E-state index contributed by atoms with van der Waals surface area (Å²) in [4.78, 5) is 23.8. The zero-order valence-electron chi connectivity index (χ0n) is 12.7. The van der Waals surface area contributed by atoms with Crippen LogP contribution in [0.4, 0.5) is 10.6 Å². The summed E-state index contributed by atoms with van der Waals surface area (Å²) >= 11 is 0. The van der Waals surface area contributed by atoms with E-state index < -0.39 is 6.09 Å².